The predicted octanol–water partition coefficient (Wildman–Crippen LogP) is 5.92. The molecule has 2 heterocycles. The van der Waals surface area contributed by atoms with Gasteiger partial charge in [-0.1, -0.05) is 11.6 Å². The van der Waals surface area contributed by atoms with Gasteiger partial charge in [0, 0.05) is 5.56 Å². The molecule has 0 aliphatic rings. The molecule has 4 rings (SSSR count). The molecule has 0 aliphatic heterocycles. The van der Waals surface area contributed by atoms with Gasteiger partial charge in [0.2, 0.25) is 0 Å². The lowest BCUT2D eigenvalue weighted by Gasteiger charge is -2.11. The van der Waals surface area contributed by atoms with Crippen LogP contribution in [0.15, 0.2) is 65.6 Å². The van der Waals surface area contributed by atoms with Crippen LogP contribution in [-0.4, -0.2) is 18.0 Å². The van der Waals surface area contributed by atoms with Gasteiger partial charge in [-0.05, 0) is 73.2 Å². The first-order valence-electron chi connectivity index (χ1n) is 9.10. The van der Waals surface area contributed by atoms with Crippen molar-refractivity contribution in [2.24, 2.45) is 0 Å². The molecule has 0 radical (unpaired) electrons. The van der Waals surface area contributed by atoms with Gasteiger partial charge in [-0.3, -0.25) is 4.72 Å². The molecule has 166 valence electrons. The van der Waals surface area contributed by atoms with Crippen molar-refractivity contribution in [2.45, 2.75) is 18.0 Å². The summed E-state index contributed by atoms with van der Waals surface area (Å²) in [4.78, 5) is -0.360. The molecule has 0 aliphatic carbocycles. The van der Waals surface area contributed by atoms with Gasteiger partial charge in [-0.15, -0.1) is 0 Å². The molecule has 0 spiro atoms. The van der Waals surface area contributed by atoms with Gasteiger partial charge in [-0.25, -0.2) is 17.3 Å². The van der Waals surface area contributed by atoms with Crippen LogP contribution in [0.2, 0.25) is 5.02 Å². The van der Waals surface area contributed by atoms with E-state index in [0.717, 1.165) is 12.1 Å². The number of aromatic nitrogens is 2. The van der Waals surface area contributed by atoms with Crippen LogP contribution in [0, 0.1) is 12.7 Å². The Morgan fingerprint density at radius 2 is 1.69 bits per heavy atom. The maximum absolute atomic E-state index is 13.8. The lowest BCUT2D eigenvalue weighted by atomic mass is 10.1. The van der Waals surface area contributed by atoms with Crippen LogP contribution in [0.4, 0.5) is 23.4 Å². The third-order valence-electron chi connectivity index (χ3n) is 4.64. The minimum Gasteiger partial charge on any atom is -0.263 e. The summed E-state index contributed by atoms with van der Waals surface area (Å²) in [6, 6.07) is 11.8. The topological polar surface area (TPSA) is 63.5 Å². The fraction of sp³-hybridized carbons (Fsp3) is 0.0952. The van der Waals surface area contributed by atoms with Crippen LogP contribution < -0.4 is 4.72 Å². The van der Waals surface area contributed by atoms with Crippen molar-refractivity contribution in [3.63, 3.8) is 0 Å². The number of sulfonamides is 1. The van der Waals surface area contributed by atoms with Crippen LogP contribution in [-0.2, 0) is 16.2 Å². The monoisotopic (exact) mass is 483 g/mol. The standard InChI is InChI=1S/C21H14ClF4N3O2S/c1-12-8-13(10-15(23)9-12)18-11-19-17(22)6-7-20(29(19)27-18)28-32(30,31)16-4-2-14(3-5-16)21(24,25)26/h2-11,28H,1H3. The van der Waals surface area contributed by atoms with Crippen LogP contribution in [0.25, 0.3) is 16.8 Å². The van der Waals surface area contributed by atoms with E-state index in [9.17, 15) is 26.0 Å². The largest absolute Gasteiger partial charge is 0.416 e. The highest BCUT2D eigenvalue weighted by Crippen LogP contribution is 2.31. The Morgan fingerprint density at radius 1 is 1.00 bits per heavy atom. The molecule has 4 aromatic rings. The van der Waals surface area contributed by atoms with Crippen molar-refractivity contribution in [2.75, 3.05) is 4.72 Å². The van der Waals surface area contributed by atoms with E-state index >= 15 is 0 Å². The average molecular weight is 484 g/mol. The highest BCUT2D eigenvalue weighted by molar-refractivity contribution is 7.92. The number of alkyl halides is 3. The molecule has 32 heavy (non-hydrogen) atoms. The van der Waals surface area contributed by atoms with E-state index in [1.54, 1.807) is 19.1 Å². The summed E-state index contributed by atoms with van der Waals surface area (Å²) in [6.07, 6.45) is -4.58. The fourth-order valence-electron chi connectivity index (χ4n) is 3.17. The normalized spacial score (nSPS) is 12.3. The first-order valence-corrected chi connectivity index (χ1v) is 11.0. The minimum atomic E-state index is -4.58. The number of hydrogen-bond acceptors (Lipinski definition) is 3. The summed E-state index contributed by atoms with van der Waals surface area (Å²) >= 11 is 6.22. The Bertz CT molecular complexity index is 1410. The van der Waals surface area contributed by atoms with Gasteiger partial charge < -0.3 is 0 Å². The van der Waals surface area contributed by atoms with E-state index in [-0.39, 0.29) is 15.7 Å². The first kappa shape index (κ1) is 22.1. The number of halogens is 5. The molecular weight excluding hydrogens is 470 g/mol. The number of rotatable bonds is 4. The Morgan fingerprint density at radius 3 is 2.31 bits per heavy atom. The average Bonchev–Trinajstić information content (AvgIpc) is 3.16. The quantitative estimate of drug-likeness (QED) is 0.366. The fourth-order valence-corrected chi connectivity index (χ4v) is 4.40. The number of pyridine rings is 1. The van der Waals surface area contributed by atoms with Crippen molar-refractivity contribution in [1.82, 2.24) is 9.61 Å². The molecule has 0 fully saturated rings. The number of benzene rings is 2. The number of nitrogens with one attached hydrogen (secondary N) is 1. The Labute approximate surface area is 185 Å². The molecule has 1 N–H and O–H groups in total. The maximum Gasteiger partial charge on any atom is 0.416 e. The number of nitrogens with zero attached hydrogens (tertiary/aromatic N) is 2. The van der Waals surface area contributed by atoms with Crippen LogP contribution in [0.5, 0.6) is 0 Å². The number of hydrogen-bond donors (Lipinski definition) is 1. The Kier molecular flexibility index (Phi) is 5.38. The van der Waals surface area contributed by atoms with Crippen molar-refractivity contribution >= 4 is 33.0 Å². The van der Waals surface area contributed by atoms with E-state index in [1.165, 1.54) is 28.8 Å². The van der Waals surface area contributed by atoms with Crippen LogP contribution >= 0.6 is 11.6 Å². The summed E-state index contributed by atoms with van der Waals surface area (Å²) in [5, 5.41) is 4.61. The molecule has 0 saturated heterocycles. The zero-order chi connectivity index (χ0) is 23.3. The molecule has 5 nitrogen and oxygen atoms in total. The molecule has 0 saturated carbocycles. The van der Waals surface area contributed by atoms with Gasteiger partial charge in [0.15, 0.2) is 0 Å². The van der Waals surface area contributed by atoms with Crippen molar-refractivity contribution in [3.05, 3.63) is 82.6 Å². The Hall–Kier alpha value is -3.11. The molecule has 0 bridgehead atoms. The zero-order valence-corrected chi connectivity index (χ0v) is 17.9. The van der Waals surface area contributed by atoms with Crippen LogP contribution in [0.1, 0.15) is 11.1 Å². The van der Waals surface area contributed by atoms with Crippen molar-refractivity contribution in [1.29, 1.82) is 0 Å². The zero-order valence-electron chi connectivity index (χ0n) is 16.3. The highest BCUT2D eigenvalue weighted by Gasteiger charge is 2.30. The second kappa shape index (κ2) is 7.79. The maximum atomic E-state index is 13.8. The van der Waals surface area contributed by atoms with Crippen molar-refractivity contribution in [3.8, 4) is 11.3 Å². The second-order valence-electron chi connectivity index (χ2n) is 7.04. The van der Waals surface area contributed by atoms with Gasteiger partial charge in [-0.2, -0.15) is 18.3 Å². The van der Waals surface area contributed by atoms with E-state index < -0.39 is 27.6 Å². The molecule has 0 amide bonds. The number of anilines is 1. The third-order valence-corrected chi connectivity index (χ3v) is 6.33. The summed E-state index contributed by atoms with van der Waals surface area (Å²) in [7, 11) is -4.23. The van der Waals surface area contributed by atoms with Gasteiger partial charge in [0.1, 0.15) is 11.6 Å². The lowest BCUT2D eigenvalue weighted by Crippen LogP contribution is -2.16. The van der Waals surface area contributed by atoms with Gasteiger partial charge in [0.05, 0.1) is 26.7 Å². The second-order valence-corrected chi connectivity index (χ2v) is 9.13. The summed E-state index contributed by atoms with van der Waals surface area (Å²) in [6.45, 7) is 1.72. The van der Waals surface area contributed by atoms with E-state index in [2.05, 4.69) is 9.82 Å². The number of fused-ring (bicyclic) bond motifs is 1. The smallest absolute Gasteiger partial charge is 0.263 e. The minimum absolute atomic E-state index is 0.00340. The Balaban J connectivity index is 1.74. The number of aryl methyl sites for hydroxylation is 1. The predicted molar refractivity (Wildman–Crippen MR) is 113 cm³/mol. The summed E-state index contributed by atoms with van der Waals surface area (Å²) in [5.74, 6) is -0.449. The lowest BCUT2D eigenvalue weighted by molar-refractivity contribution is -0.137. The molecule has 2 aromatic heterocycles. The molecular formula is C21H14ClF4N3O2S. The molecule has 11 heteroatoms. The summed E-state index contributed by atoms with van der Waals surface area (Å²) in [5.41, 5.74) is 0.893. The van der Waals surface area contributed by atoms with Crippen molar-refractivity contribution < 1.29 is 26.0 Å². The molecule has 0 unspecified atom stereocenters. The first-order chi connectivity index (χ1) is 14.9. The van der Waals surface area contributed by atoms with E-state index in [0.29, 0.717) is 34.5 Å². The molecule has 2 aromatic carbocycles. The summed E-state index contributed by atoms with van der Waals surface area (Å²) < 4.78 is 81.1. The van der Waals surface area contributed by atoms with Crippen LogP contribution in [0.3, 0.4) is 0 Å². The highest BCUT2D eigenvalue weighted by atomic mass is 35.5. The van der Waals surface area contributed by atoms with Gasteiger partial charge >= 0.3 is 6.18 Å². The van der Waals surface area contributed by atoms with E-state index in [1.807, 2.05) is 0 Å². The van der Waals surface area contributed by atoms with Gasteiger partial charge in [0.25, 0.3) is 10.0 Å². The molecule has 0 atom stereocenters. The third kappa shape index (κ3) is 4.28. The SMILES string of the molecule is Cc1cc(F)cc(-c2cc3c(Cl)ccc(NS(=O)(=O)c4ccc(C(F)(F)F)cc4)n3n2)c1. The van der Waals surface area contributed by atoms with E-state index in [4.69, 9.17) is 11.6 Å².